The lowest BCUT2D eigenvalue weighted by Gasteiger charge is -2.17. The lowest BCUT2D eigenvalue weighted by Crippen LogP contribution is -2.12. The Balaban J connectivity index is 3.05. The molecule has 0 aliphatic heterocycles. The van der Waals surface area contributed by atoms with Crippen LogP contribution in [0.1, 0.15) is 30.0 Å². The van der Waals surface area contributed by atoms with Crippen molar-refractivity contribution >= 4 is 0 Å². The van der Waals surface area contributed by atoms with Crippen molar-refractivity contribution in [2.24, 2.45) is 11.7 Å². The summed E-state index contributed by atoms with van der Waals surface area (Å²) in [6, 6.07) is 2.09. The van der Waals surface area contributed by atoms with Crippen molar-refractivity contribution in [3.8, 4) is 11.5 Å². The van der Waals surface area contributed by atoms with Crippen LogP contribution in [-0.2, 0) is 6.42 Å². The summed E-state index contributed by atoms with van der Waals surface area (Å²) in [5.74, 6) is 2.45. The van der Waals surface area contributed by atoms with E-state index >= 15 is 0 Å². The van der Waals surface area contributed by atoms with E-state index in [0.717, 1.165) is 42.0 Å². The molecule has 0 bridgehead atoms. The average Bonchev–Trinajstić information content (AvgIpc) is 2.39. The summed E-state index contributed by atoms with van der Waals surface area (Å²) in [7, 11) is 3.44. The minimum Gasteiger partial charge on any atom is -0.496 e. The zero-order valence-corrected chi connectivity index (χ0v) is 12.2. The largest absolute Gasteiger partial charge is 0.496 e. The van der Waals surface area contributed by atoms with E-state index in [0.29, 0.717) is 5.92 Å². The van der Waals surface area contributed by atoms with E-state index in [1.54, 1.807) is 14.2 Å². The van der Waals surface area contributed by atoms with Gasteiger partial charge in [-0.15, -0.1) is 0 Å². The highest BCUT2D eigenvalue weighted by Gasteiger charge is 2.14. The Morgan fingerprint density at radius 1 is 1.17 bits per heavy atom. The zero-order chi connectivity index (χ0) is 13.7. The Hall–Kier alpha value is -1.22. The topological polar surface area (TPSA) is 44.5 Å². The highest BCUT2D eigenvalue weighted by molar-refractivity contribution is 5.52. The van der Waals surface area contributed by atoms with Crippen LogP contribution in [0.5, 0.6) is 11.5 Å². The lowest BCUT2D eigenvalue weighted by molar-refractivity contribution is 0.391. The SMILES string of the molecule is COc1cc(CCC(C)CN)c(OC)c(C)c1C. The van der Waals surface area contributed by atoms with Gasteiger partial charge in [0.15, 0.2) is 0 Å². The fourth-order valence-corrected chi connectivity index (χ4v) is 2.13. The van der Waals surface area contributed by atoms with Crippen molar-refractivity contribution in [3.05, 3.63) is 22.8 Å². The fourth-order valence-electron chi connectivity index (χ4n) is 2.13. The minimum atomic E-state index is 0.530. The highest BCUT2D eigenvalue weighted by atomic mass is 16.5. The van der Waals surface area contributed by atoms with Crippen LogP contribution in [0.2, 0.25) is 0 Å². The van der Waals surface area contributed by atoms with E-state index < -0.39 is 0 Å². The van der Waals surface area contributed by atoms with E-state index in [2.05, 4.69) is 26.8 Å². The Labute approximate surface area is 110 Å². The van der Waals surface area contributed by atoms with Gasteiger partial charge in [-0.25, -0.2) is 0 Å². The Kier molecular flexibility index (Phi) is 5.48. The maximum atomic E-state index is 5.66. The van der Waals surface area contributed by atoms with Gasteiger partial charge in [-0.05, 0) is 61.9 Å². The molecule has 18 heavy (non-hydrogen) atoms. The van der Waals surface area contributed by atoms with Gasteiger partial charge in [-0.2, -0.15) is 0 Å². The van der Waals surface area contributed by atoms with Gasteiger partial charge in [0.25, 0.3) is 0 Å². The van der Waals surface area contributed by atoms with Crippen molar-refractivity contribution in [1.82, 2.24) is 0 Å². The molecule has 0 saturated heterocycles. The molecule has 0 spiro atoms. The van der Waals surface area contributed by atoms with E-state index in [4.69, 9.17) is 15.2 Å². The van der Waals surface area contributed by atoms with Crippen LogP contribution >= 0.6 is 0 Å². The third-order valence-corrected chi connectivity index (χ3v) is 3.60. The van der Waals surface area contributed by atoms with Crippen LogP contribution in [0.4, 0.5) is 0 Å². The number of rotatable bonds is 6. The summed E-state index contributed by atoms with van der Waals surface area (Å²) < 4.78 is 11.0. The normalized spacial score (nSPS) is 12.3. The Morgan fingerprint density at radius 2 is 1.83 bits per heavy atom. The molecule has 102 valence electrons. The smallest absolute Gasteiger partial charge is 0.125 e. The first-order valence-corrected chi connectivity index (χ1v) is 6.46. The van der Waals surface area contributed by atoms with Crippen LogP contribution in [-0.4, -0.2) is 20.8 Å². The number of hydrogen-bond acceptors (Lipinski definition) is 3. The van der Waals surface area contributed by atoms with Crippen molar-refractivity contribution < 1.29 is 9.47 Å². The summed E-state index contributed by atoms with van der Waals surface area (Å²) in [6.07, 6.45) is 2.04. The average molecular weight is 251 g/mol. The highest BCUT2D eigenvalue weighted by Crippen LogP contribution is 2.34. The van der Waals surface area contributed by atoms with E-state index in [1.165, 1.54) is 5.56 Å². The maximum absolute atomic E-state index is 5.66. The molecule has 2 N–H and O–H groups in total. The van der Waals surface area contributed by atoms with Crippen LogP contribution in [0.15, 0.2) is 6.07 Å². The molecular formula is C15H25NO2. The van der Waals surface area contributed by atoms with Crippen molar-refractivity contribution in [2.45, 2.75) is 33.6 Å². The predicted octanol–water partition coefficient (Wildman–Crippen LogP) is 2.85. The summed E-state index contributed by atoms with van der Waals surface area (Å²) in [5.41, 5.74) is 9.17. The first-order valence-electron chi connectivity index (χ1n) is 6.46. The quantitative estimate of drug-likeness (QED) is 0.845. The second-order valence-corrected chi connectivity index (χ2v) is 4.90. The Bertz CT molecular complexity index is 402. The van der Waals surface area contributed by atoms with Crippen LogP contribution in [0.3, 0.4) is 0 Å². The van der Waals surface area contributed by atoms with Gasteiger partial charge in [0.1, 0.15) is 11.5 Å². The number of benzene rings is 1. The molecule has 3 heteroatoms. The van der Waals surface area contributed by atoms with Gasteiger partial charge < -0.3 is 15.2 Å². The molecule has 0 fully saturated rings. The standard InChI is InChI=1S/C15H25NO2/c1-10(9-16)6-7-13-8-14(17-4)11(2)12(3)15(13)18-5/h8,10H,6-7,9,16H2,1-5H3. The van der Waals surface area contributed by atoms with Gasteiger partial charge in [0.05, 0.1) is 14.2 Å². The first kappa shape index (κ1) is 14.8. The van der Waals surface area contributed by atoms with Crippen LogP contribution in [0.25, 0.3) is 0 Å². The molecule has 1 unspecified atom stereocenters. The third-order valence-electron chi connectivity index (χ3n) is 3.60. The molecule has 1 rings (SSSR count). The number of hydrogen-bond donors (Lipinski definition) is 1. The number of methoxy groups -OCH3 is 2. The van der Waals surface area contributed by atoms with E-state index in [9.17, 15) is 0 Å². The fraction of sp³-hybridized carbons (Fsp3) is 0.600. The van der Waals surface area contributed by atoms with Crippen molar-refractivity contribution in [2.75, 3.05) is 20.8 Å². The number of nitrogens with two attached hydrogens (primary N) is 1. The second-order valence-electron chi connectivity index (χ2n) is 4.90. The Morgan fingerprint density at radius 3 is 2.33 bits per heavy atom. The second kappa shape index (κ2) is 6.64. The monoisotopic (exact) mass is 251 g/mol. The van der Waals surface area contributed by atoms with E-state index in [-0.39, 0.29) is 0 Å². The molecule has 3 nitrogen and oxygen atoms in total. The van der Waals surface area contributed by atoms with Gasteiger partial charge in [0.2, 0.25) is 0 Å². The van der Waals surface area contributed by atoms with Gasteiger partial charge in [0, 0.05) is 0 Å². The number of ether oxygens (including phenoxy) is 2. The maximum Gasteiger partial charge on any atom is 0.125 e. The minimum absolute atomic E-state index is 0.530. The molecule has 1 aromatic rings. The number of aryl methyl sites for hydroxylation is 1. The van der Waals surface area contributed by atoms with Crippen molar-refractivity contribution in [3.63, 3.8) is 0 Å². The molecular weight excluding hydrogens is 226 g/mol. The molecule has 0 amide bonds. The zero-order valence-electron chi connectivity index (χ0n) is 12.2. The van der Waals surface area contributed by atoms with Gasteiger partial charge in [-0.1, -0.05) is 6.92 Å². The van der Waals surface area contributed by atoms with Gasteiger partial charge >= 0.3 is 0 Å². The van der Waals surface area contributed by atoms with E-state index in [1.807, 2.05) is 0 Å². The molecule has 0 aliphatic rings. The summed E-state index contributed by atoms with van der Waals surface area (Å²) >= 11 is 0. The summed E-state index contributed by atoms with van der Waals surface area (Å²) in [6.45, 7) is 7.03. The molecule has 0 aromatic heterocycles. The van der Waals surface area contributed by atoms with Crippen LogP contribution < -0.4 is 15.2 Å². The van der Waals surface area contributed by atoms with Crippen molar-refractivity contribution in [1.29, 1.82) is 0 Å². The predicted molar refractivity (Wildman–Crippen MR) is 75.6 cm³/mol. The summed E-state index contributed by atoms with van der Waals surface area (Å²) in [5, 5.41) is 0. The van der Waals surface area contributed by atoms with Gasteiger partial charge in [-0.3, -0.25) is 0 Å². The molecule has 1 aromatic carbocycles. The first-order chi connectivity index (χ1) is 8.54. The molecule has 0 saturated carbocycles. The lowest BCUT2D eigenvalue weighted by atomic mass is 9.96. The summed E-state index contributed by atoms with van der Waals surface area (Å²) in [4.78, 5) is 0. The molecule has 1 atom stereocenters. The third kappa shape index (κ3) is 3.16. The molecule has 0 radical (unpaired) electrons. The molecule has 0 heterocycles. The molecule has 0 aliphatic carbocycles. The van der Waals surface area contributed by atoms with Crippen LogP contribution in [0, 0.1) is 19.8 Å².